The maximum atomic E-state index is 3.17. The van der Waals surface area contributed by atoms with Gasteiger partial charge in [0.2, 0.25) is 0 Å². The van der Waals surface area contributed by atoms with Crippen molar-refractivity contribution >= 4 is 0 Å². The number of hydrazine groups is 1. The Morgan fingerprint density at radius 2 is 1.64 bits per heavy atom. The molecule has 0 aromatic heterocycles. The number of benzene rings is 1. The standard InChI is InChI=1S/C11H17N3/c1-2-4-11(5-3-1)10-14-8-6-12-13-7-9-14/h1-5,12-13H,6-10H2. The van der Waals surface area contributed by atoms with E-state index in [1.54, 1.807) is 0 Å². The Kier molecular flexibility index (Phi) is 3.51. The fourth-order valence-corrected chi connectivity index (χ4v) is 1.72. The van der Waals surface area contributed by atoms with Crippen molar-refractivity contribution in [2.24, 2.45) is 0 Å². The molecule has 1 aliphatic rings. The SMILES string of the molecule is c1ccc(CN2CCNNCC2)cc1. The summed E-state index contributed by atoms with van der Waals surface area (Å²) in [6.07, 6.45) is 0. The Hall–Kier alpha value is -0.900. The van der Waals surface area contributed by atoms with Crippen molar-refractivity contribution in [2.75, 3.05) is 26.2 Å². The minimum atomic E-state index is 1.02. The molecule has 0 aliphatic carbocycles. The summed E-state index contributed by atoms with van der Waals surface area (Å²) >= 11 is 0. The molecule has 0 bridgehead atoms. The normalized spacial score (nSPS) is 19.1. The summed E-state index contributed by atoms with van der Waals surface area (Å²) in [6, 6.07) is 10.6. The monoisotopic (exact) mass is 191 g/mol. The van der Waals surface area contributed by atoms with Gasteiger partial charge in [-0.15, -0.1) is 0 Å². The van der Waals surface area contributed by atoms with Gasteiger partial charge in [0.15, 0.2) is 0 Å². The van der Waals surface area contributed by atoms with Crippen molar-refractivity contribution in [3.05, 3.63) is 35.9 Å². The highest BCUT2D eigenvalue weighted by Gasteiger charge is 2.07. The molecule has 0 spiro atoms. The largest absolute Gasteiger partial charge is 0.296 e. The summed E-state index contributed by atoms with van der Waals surface area (Å²) in [7, 11) is 0. The zero-order chi connectivity index (χ0) is 9.64. The van der Waals surface area contributed by atoms with Gasteiger partial charge < -0.3 is 0 Å². The van der Waals surface area contributed by atoms with E-state index < -0.39 is 0 Å². The second-order valence-corrected chi connectivity index (χ2v) is 3.62. The Balaban J connectivity index is 1.90. The third-order valence-corrected chi connectivity index (χ3v) is 2.48. The van der Waals surface area contributed by atoms with E-state index in [4.69, 9.17) is 0 Å². The van der Waals surface area contributed by atoms with Crippen LogP contribution >= 0.6 is 0 Å². The molecular weight excluding hydrogens is 174 g/mol. The third kappa shape index (κ3) is 2.80. The minimum absolute atomic E-state index is 1.02. The van der Waals surface area contributed by atoms with Gasteiger partial charge in [0, 0.05) is 32.7 Å². The molecule has 2 rings (SSSR count). The minimum Gasteiger partial charge on any atom is -0.296 e. The van der Waals surface area contributed by atoms with E-state index in [0.29, 0.717) is 0 Å². The van der Waals surface area contributed by atoms with Gasteiger partial charge in [0.1, 0.15) is 0 Å². The molecule has 0 atom stereocenters. The van der Waals surface area contributed by atoms with E-state index >= 15 is 0 Å². The van der Waals surface area contributed by atoms with Crippen LogP contribution in [-0.4, -0.2) is 31.1 Å². The molecule has 1 aromatic carbocycles. The van der Waals surface area contributed by atoms with Crippen LogP contribution in [0.5, 0.6) is 0 Å². The zero-order valence-electron chi connectivity index (χ0n) is 8.37. The first-order chi connectivity index (χ1) is 6.95. The van der Waals surface area contributed by atoms with Gasteiger partial charge in [0.25, 0.3) is 0 Å². The first kappa shape index (κ1) is 9.65. The topological polar surface area (TPSA) is 27.3 Å². The van der Waals surface area contributed by atoms with E-state index in [2.05, 4.69) is 46.1 Å². The first-order valence-corrected chi connectivity index (χ1v) is 5.17. The second-order valence-electron chi connectivity index (χ2n) is 3.62. The zero-order valence-corrected chi connectivity index (χ0v) is 8.37. The molecule has 0 radical (unpaired) electrons. The number of rotatable bonds is 2. The predicted molar refractivity (Wildman–Crippen MR) is 57.7 cm³/mol. The van der Waals surface area contributed by atoms with Crippen molar-refractivity contribution in [1.29, 1.82) is 0 Å². The lowest BCUT2D eigenvalue weighted by molar-refractivity contribution is 0.290. The molecular formula is C11H17N3. The van der Waals surface area contributed by atoms with Crippen LogP contribution in [0.2, 0.25) is 0 Å². The van der Waals surface area contributed by atoms with Gasteiger partial charge in [-0.1, -0.05) is 30.3 Å². The highest BCUT2D eigenvalue weighted by Crippen LogP contribution is 2.03. The molecule has 1 saturated heterocycles. The Morgan fingerprint density at radius 1 is 1.00 bits per heavy atom. The average molecular weight is 191 g/mol. The molecule has 0 unspecified atom stereocenters. The molecule has 0 amide bonds. The highest BCUT2D eigenvalue weighted by atomic mass is 15.4. The molecule has 14 heavy (non-hydrogen) atoms. The number of nitrogens with zero attached hydrogens (tertiary/aromatic N) is 1. The van der Waals surface area contributed by atoms with E-state index in [0.717, 1.165) is 32.7 Å². The van der Waals surface area contributed by atoms with Crippen LogP contribution in [0.4, 0.5) is 0 Å². The van der Waals surface area contributed by atoms with Crippen molar-refractivity contribution in [1.82, 2.24) is 15.8 Å². The predicted octanol–water partition coefficient (Wildman–Crippen LogP) is 0.596. The van der Waals surface area contributed by atoms with Crippen molar-refractivity contribution in [3.63, 3.8) is 0 Å². The summed E-state index contributed by atoms with van der Waals surface area (Å²) in [5, 5.41) is 0. The summed E-state index contributed by atoms with van der Waals surface area (Å²) in [5.74, 6) is 0. The van der Waals surface area contributed by atoms with E-state index in [1.807, 2.05) is 0 Å². The summed E-state index contributed by atoms with van der Waals surface area (Å²) in [4.78, 5) is 2.46. The fraction of sp³-hybridized carbons (Fsp3) is 0.455. The highest BCUT2D eigenvalue weighted by molar-refractivity contribution is 5.14. The summed E-state index contributed by atoms with van der Waals surface area (Å²) < 4.78 is 0. The Labute approximate surface area is 85.1 Å². The number of hydrogen-bond donors (Lipinski definition) is 2. The maximum absolute atomic E-state index is 3.17. The molecule has 1 fully saturated rings. The lowest BCUT2D eigenvalue weighted by Gasteiger charge is -2.18. The van der Waals surface area contributed by atoms with Gasteiger partial charge in [-0.25, -0.2) is 0 Å². The van der Waals surface area contributed by atoms with Crippen LogP contribution in [0.1, 0.15) is 5.56 Å². The molecule has 2 N–H and O–H groups in total. The molecule has 0 saturated carbocycles. The molecule has 1 aromatic rings. The van der Waals surface area contributed by atoms with Crippen molar-refractivity contribution in [2.45, 2.75) is 6.54 Å². The van der Waals surface area contributed by atoms with Crippen molar-refractivity contribution in [3.8, 4) is 0 Å². The molecule has 1 aliphatic heterocycles. The van der Waals surface area contributed by atoms with Crippen LogP contribution in [0, 0.1) is 0 Å². The van der Waals surface area contributed by atoms with E-state index in [9.17, 15) is 0 Å². The van der Waals surface area contributed by atoms with Crippen molar-refractivity contribution < 1.29 is 0 Å². The summed E-state index contributed by atoms with van der Waals surface area (Å²) in [6.45, 7) is 5.33. The van der Waals surface area contributed by atoms with E-state index in [1.165, 1.54) is 5.56 Å². The van der Waals surface area contributed by atoms with Crippen LogP contribution in [-0.2, 0) is 6.54 Å². The van der Waals surface area contributed by atoms with Gasteiger partial charge in [-0.2, -0.15) is 0 Å². The van der Waals surface area contributed by atoms with E-state index in [-0.39, 0.29) is 0 Å². The average Bonchev–Trinajstić information content (AvgIpc) is 2.48. The number of nitrogens with one attached hydrogen (secondary N) is 2. The van der Waals surface area contributed by atoms with Crippen LogP contribution < -0.4 is 10.9 Å². The van der Waals surface area contributed by atoms with Crippen LogP contribution in [0.15, 0.2) is 30.3 Å². The lowest BCUT2D eigenvalue weighted by Crippen LogP contribution is -2.32. The summed E-state index contributed by atoms with van der Waals surface area (Å²) in [5.41, 5.74) is 7.74. The molecule has 3 heteroatoms. The third-order valence-electron chi connectivity index (χ3n) is 2.48. The van der Waals surface area contributed by atoms with Gasteiger partial charge in [-0.05, 0) is 5.56 Å². The van der Waals surface area contributed by atoms with Gasteiger partial charge in [0.05, 0.1) is 0 Å². The molecule has 1 heterocycles. The quantitative estimate of drug-likeness (QED) is 0.716. The van der Waals surface area contributed by atoms with Gasteiger partial charge >= 0.3 is 0 Å². The van der Waals surface area contributed by atoms with Gasteiger partial charge in [-0.3, -0.25) is 15.8 Å². The smallest absolute Gasteiger partial charge is 0.0234 e. The Bertz CT molecular complexity index is 252. The molecule has 3 nitrogen and oxygen atoms in total. The second kappa shape index (κ2) is 5.10. The maximum Gasteiger partial charge on any atom is 0.0234 e. The number of hydrogen-bond acceptors (Lipinski definition) is 3. The molecule has 76 valence electrons. The Morgan fingerprint density at radius 3 is 2.29 bits per heavy atom. The fourth-order valence-electron chi connectivity index (χ4n) is 1.72. The van der Waals surface area contributed by atoms with Crippen LogP contribution in [0.3, 0.4) is 0 Å². The lowest BCUT2D eigenvalue weighted by atomic mass is 10.2. The van der Waals surface area contributed by atoms with Crippen LogP contribution in [0.25, 0.3) is 0 Å². The first-order valence-electron chi connectivity index (χ1n) is 5.17.